The van der Waals surface area contributed by atoms with E-state index in [0.717, 1.165) is 10.5 Å². The smallest absolute Gasteiger partial charge is 0.330 e. The largest absolute Gasteiger partial charge is 0.463 e. The topological polar surface area (TPSA) is 105 Å². The number of esters is 1. The number of amides is 4. The van der Waals surface area contributed by atoms with Gasteiger partial charge in [0, 0.05) is 11.8 Å². The first-order chi connectivity index (χ1) is 14.8. The van der Waals surface area contributed by atoms with Gasteiger partial charge in [-0.1, -0.05) is 42.5 Å². The van der Waals surface area contributed by atoms with Crippen molar-refractivity contribution in [1.29, 1.82) is 0 Å². The molecule has 1 aliphatic rings. The van der Waals surface area contributed by atoms with E-state index in [4.69, 9.17) is 4.74 Å². The van der Waals surface area contributed by atoms with Gasteiger partial charge in [0.15, 0.2) is 0 Å². The predicted molar refractivity (Wildman–Crippen MR) is 115 cm³/mol. The predicted octanol–water partition coefficient (Wildman–Crippen LogP) is 2.67. The van der Waals surface area contributed by atoms with Crippen molar-refractivity contribution in [3.8, 4) is 0 Å². The van der Waals surface area contributed by atoms with Crippen molar-refractivity contribution in [1.82, 2.24) is 10.2 Å². The highest BCUT2D eigenvalue weighted by Crippen LogP contribution is 2.28. The molecule has 2 aromatic carbocycles. The number of rotatable bonds is 7. The van der Waals surface area contributed by atoms with E-state index >= 15 is 0 Å². The first-order valence-corrected chi connectivity index (χ1v) is 9.78. The normalized spacial score (nSPS) is 18.2. The second kappa shape index (κ2) is 9.25. The van der Waals surface area contributed by atoms with Crippen LogP contribution < -0.4 is 10.6 Å². The zero-order valence-corrected chi connectivity index (χ0v) is 17.3. The molecule has 1 atom stereocenters. The molecule has 1 fully saturated rings. The molecule has 0 saturated carbocycles. The average Bonchev–Trinajstić information content (AvgIpc) is 2.98. The minimum absolute atomic E-state index is 0.302. The molecule has 0 aliphatic carbocycles. The van der Waals surface area contributed by atoms with Crippen LogP contribution in [0.2, 0.25) is 0 Å². The number of urea groups is 1. The number of hydrogen-bond acceptors (Lipinski definition) is 5. The van der Waals surface area contributed by atoms with Gasteiger partial charge < -0.3 is 15.4 Å². The van der Waals surface area contributed by atoms with Crippen LogP contribution in [0.1, 0.15) is 25.0 Å². The summed E-state index contributed by atoms with van der Waals surface area (Å²) in [6.07, 6.45) is 2.92. The number of benzene rings is 2. The third-order valence-electron chi connectivity index (χ3n) is 4.82. The molecule has 160 valence electrons. The summed E-state index contributed by atoms with van der Waals surface area (Å²) in [6, 6.07) is 15.0. The van der Waals surface area contributed by atoms with Gasteiger partial charge in [0.1, 0.15) is 12.1 Å². The fraction of sp³-hybridized carbons (Fsp3) is 0.217. The number of carbonyl (C=O) groups is 4. The lowest BCUT2D eigenvalue weighted by molar-refractivity contribution is -0.137. The van der Waals surface area contributed by atoms with E-state index in [1.165, 1.54) is 6.08 Å². The van der Waals surface area contributed by atoms with Crippen molar-refractivity contribution in [2.24, 2.45) is 0 Å². The molecular weight excluding hydrogens is 398 g/mol. The van der Waals surface area contributed by atoms with Gasteiger partial charge in [-0.2, -0.15) is 0 Å². The van der Waals surface area contributed by atoms with Gasteiger partial charge in [-0.15, -0.1) is 0 Å². The van der Waals surface area contributed by atoms with E-state index in [1.54, 1.807) is 68.5 Å². The number of anilines is 1. The van der Waals surface area contributed by atoms with Crippen LogP contribution in [0.5, 0.6) is 0 Å². The molecule has 31 heavy (non-hydrogen) atoms. The highest BCUT2D eigenvalue weighted by molar-refractivity contribution is 6.10. The molecule has 2 N–H and O–H groups in total. The van der Waals surface area contributed by atoms with Crippen LogP contribution in [0.3, 0.4) is 0 Å². The second-order valence-electron chi connectivity index (χ2n) is 7.07. The molecule has 1 aliphatic heterocycles. The maximum absolute atomic E-state index is 12.9. The Labute approximate surface area is 179 Å². The molecule has 3 rings (SSSR count). The average molecular weight is 421 g/mol. The van der Waals surface area contributed by atoms with Crippen molar-refractivity contribution in [3.05, 3.63) is 71.8 Å². The Morgan fingerprint density at radius 1 is 1.10 bits per heavy atom. The zero-order chi connectivity index (χ0) is 22.4. The molecule has 0 bridgehead atoms. The standard InChI is InChI=1S/C23H23N3O5/c1-3-31-20(28)14-11-16-9-12-18(13-10-16)24-19(27)15-26-21(29)23(2,25-22(26)30)17-7-5-4-6-8-17/h4-14H,3,15H2,1-2H3,(H,24,27)(H,25,30)/b14-11+. The lowest BCUT2D eigenvalue weighted by Gasteiger charge is -2.22. The lowest BCUT2D eigenvalue weighted by atomic mass is 9.92. The Morgan fingerprint density at radius 2 is 1.77 bits per heavy atom. The SMILES string of the molecule is CCOC(=O)/C=C/c1ccc(NC(=O)CN2C(=O)NC(C)(c3ccccc3)C2=O)cc1. The van der Waals surface area contributed by atoms with Crippen molar-refractivity contribution < 1.29 is 23.9 Å². The summed E-state index contributed by atoms with van der Waals surface area (Å²) in [6.45, 7) is 3.24. The number of imide groups is 1. The molecule has 0 spiro atoms. The van der Waals surface area contributed by atoms with Crippen molar-refractivity contribution in [3.63, 3.8) is 0 Å². The summed E-state index contributed by atoms with van der Waals surface area (Å²) in [4.78, 5) is 49.9. The summed E-state index contributed by atoms with van der Waals surface area (Å²) in [5.74, 6) is -1.43. The van der Waals surface area contributed by atoms with Crippen molar-refractivity contribution >= 4 is 35.6 Å². The van der Waals surface area contributed by atoms with Crippen LogP contribution in [0.4, 0.5) is 10.5 Å². The number of hydrogen-bond donors (Lipinski definition) is 2. The quantitative estimate of drug-likeness (QED) is 0.406. The zero-order valence-electron chi connectivity index (χ0n) is 17.3. The molecule has 8 nitrogen and oxygen atoms in total. The Bertz CT molecular complexity index is 1020. The van der Waals surface area contributed by atoms with Gasteiger partial charge in [0.05, 0.1) is 6.61 Å². The van der Waals surface area contributed by atoms with Crippen LogP contribution in [-0.2, 0) is 24.7 Å². The highest BCUT2D eigenvalue weighted by atomic mass is 16.5. The van der Waals surface area contributed by atoms with E-state index < -0.39 is 35.9 Å². The van der Waals surface area contributed by atoms with E-state index in [9.17, 15) is 19.2 Å². The highest BCUT2D eigenvalue weighted by Gasteiger charge is 2.49. The molecule has 0 radical (unpaired) electrons. The number of ether oxygens (including phenoxy) is 1. The molecule has 2 aromatic rings. The number of nitrogens with one attached hydrogen (secondary N) is 2. The summed E-state index contributed by atoms with van der Waals surface area (Å²) in [5.41, 5.74) is 0.670. The molecule has 4 amide bonds. The third kappa shape index (κ3) is 4.98. The second-order valence-corrected chi connectivity index (χ2v) is 7.07. The van der Waals surface area contributed by atoms with E-state index in [2.05, 4.69) is 10.6 Å². The van der Waals surface area contributed by atoms with Gasteiger partial charge in [-0.25, -0.2) is 9.59 Å². The maximum atomic E-state index is 12.9. The van der Waals surface area contributed by atoms with Crippen LogP contribution in [0.25, 0.3) is 6.08 Å². The maximum Gasteiger partial charge on any atom is 0.330 e. The fourth-order valence-corrected chi connectivity index (χ4v) is 3.18. The van der Waals surface area contributed by atoms with Gasteiger partial charge in [0.25, 0.3) is 5.91 Å². The van der Waals surface area contributed by atoms with E-state index in [1.807, 2.05) is 6.07 Å². The summed E-state index contributed by atoms with van der Waals surface area (Å²) < 4.78 is 4.82. The Hall–Kier alpha value is -3.94. The van der Waals surface area contributed by atoms with Gasteiger partial charge >= 0.3 is 12.0 Å². The molecule has 0 aromatic heterocycles. The van der Waals surface area contributed by atoms with Crippen LogP contribution in [0, 0.1) is 0 Å². The van der Waals surface area contributed by atoms with E-state index in [-0.39, 0.29) is 0 Å². The summed E-state index contributed by atoms with van der Waals surface area (Å²) in [7, 11) is 0. The first kappa shape index (κ1) is 21.8. The Balaban J connectivity index is 1.61. The fourth-order valence-electron chi connectivity index (χ4n) is 3.18. The molecule has 1 saturated heterocycles. The Morgan fingerprint density at radius 3 is 2.42 bits per heavy atom. The minimum Gasteiger partial charge on any atom is -0.463 e. The first-order valence-electron chi connectivity index (χ1n) is 9.78. The minimum atomic E-state index is -1.22. The van der Waals surface area contributed by atoms with Gasteiger partial charge in [-0.3, -0.25) is 14.5 Å². The van der Waals surface area contributed by atoms with Crippen LogP contribution in [0.15, 0.2) is 60.7 Å². The third-order valence-corrected chi connectivity index (χ3v) is 4.82. The van der Waals surface area contributed by atoms with Crippen LogP contribution in [-0.4, -0.2) is 41.9 Å². The van der Waals surface area contributed by atoms with Gasteiger partial charge in [0.2, 0.25) is 5.91 Å². The van der Waals surface area contributed by atoms with Gasteiger partial charge in [-0.05, 0) is 43.2 Å². The summed E-state index contributed by atoms with van der Waals surface area (Å²) >= 11 is 0. The number of nitrogens with zero attached hydrogens (tertiary/aromatic N) is 1. The van der Waals surface area contributed by atoms with Crippen LogP contribution >= 0.6 is 0 Å². The molecule has 1 heterocycles. The molecule has 8 heteroatoms. The monoisotopic (exact) mass is 421 g/mol. The lowest BCUT2D eigenvalue weighted by Crippen LogP contribution is -2.42. The molecular formula is C23H23N3O5. The molecule has 1 unspecified atom stereocenters. The van der Waals surface area contributed by atoms with Crippen molar-refractivity contribution in [2.45, 2.75) is 19.4 Å². The summed E-state index contributed by atoms with van der Waals surface area (Å²) in [5, 5.41) is 5.33. The Kier molecular flexibility index (Phi) is 6.49. The van der Waals surface area contributed by atoms with Crippen molar-refractivity contribution in [2.75, 3.05) is 18.5 Å². The number of carbonyl (C=O) groups excluding carboxylic acids is 4. The van der Waals surface area contributed by atoms with E-state index in [0.29, 0.717) is 17.9 Å².